The van der Waals surface area contributed by atoms with E-state index in [2.05, 4.69) is 5.32 Å². The van der Waals surface area contributed by atoms with Crippen LogP contribution >= 0.6 is 11.6 Å². The zero-order valence-electron chi connectivity index (χ0n) is 8.83. The first-order valence-electron chi connectivity index (χ1n) is 4.72. The van der Waals surface area contributed by atoms with Crippen LogP contribution in [0.1, 0.15) is 6.92 Å². The minimum absolute atomic E-state index is 0.0253. The van der Waals surface area contributed by atoms with Gasteiger partial charge in [-0.15, -0.1) is 0 Å². The smallest absolute Gasteiger partial charge is 0.237 e. The van der Waals surface area contributed by atoms with Gasteiger partial charge in [-0.25, -0.2) is 0 Å². The van der Waals surface area contributed by atoms with Crippen LogP contribution in [-0.4, -0.2) is 21.6 Å². The van der Waals surface area contributed by atoms with Crippen LogP contribution in [0.25, 0.3) is 0 Å². The quantitative estimate of drug-likeness (QED) is 0.809. The first kappa shape index (κ1) is 13.0. The molecule has 0 radical (unpaired) electrons. The van der Waals surface area contributed by atoms with Crippen molar-refractivity contribution in [3.63, 3.8) is 0 Å². The van der Waals surface area contributed by atoms with Gasteiger partial charge in [-0.2, -0.15) is 0 Å². The number of carbonyl (C=O) groups excluding carboxylic acids is 1. The maximum absolute atomic E-state index is 11.4. The molecule has 88 valence electrons. The summed E-state index contributed by atoms with van der Waals surface area (Å²) in [7, 11) is -1.13. The Morgan fingerprint density at radius 3 is 2.88 bits per heavy atom. The van der Waals surface area contributed by atoms with Gasteiger partial charge < -0.3 is 11.1 Å². The predicted octanol–water partition coefficient (Wildman–Crippen LogP) is 1.63. The zero-order valence-corrected chi connectivity index (χ0v) is 10.4. The largest absolute Gasteiger partial charge is 0.397 e. The first-order chi connectivity index (χ1) is 7.52. The molecule has 1 unspecified atom stereocenters. The van der Waals surface area contributed by atoms with Gasteiger partial charge in [0.2, 0.25) is 5.91 Å². The van der Waals surface area contributed by atoms with Gasteiger partial charge in [-0.3, -0.25) is 9.00 Å². The van der Waals surface area contributed by atoms with E-state index in [1.54, 1.807) is 25.1 Å². The van der Waals surface area contributed by atoms with Crippen LogP contribution < -0.4 is 11.1 Å². The number of nitrogens with two attached hydrogens (primary N) is 1. The summed E-state index contributed by atoms with van der Waals surface area (Å²) in [5.41, 5.74) is 6.53. The highest BCUT2D eigenvalue weighted by Gasteiger charge is 2.08. The van der Waals surface area contributed by atoms with E-state index in [0.29, 0.717) is 22.2 Å². The van der Waals surface area contributed by atoms with Crippen molar-refractivity contribution in [3.05, 3.63) is 23.2 Å². The molecule has 4 nitrogen and oxygen atoms in total. The van der Waals surface area contributed by atoms with E-state index >= 15 is 0 Å². The van der Waals surface area contributed by atoms with Crippen LogP contribution in [0.3, 0.4) is 0 Å². The van der Waals surface area contributed by atoms with Crippen LogP contribution in [0.4, 0.5) is 11.4 Å². The Balaban J connectivity index is 2.69. The molecule has 1 aromatic rings. The molecule has 16 heavy (non-hydrogen) atoms. The lowest BCUT2D eigenvalue weighted by molar-refractivity contribution is -0.113. The molecule has 0 aliphatic carbocycles. The number of nitrogen functional groups attached to an aromatic ring is 1. The van der Waals surface area contributed by atoms with Gasteiger partial charge in [0.15, 0.2) is 0 Å². The van der Waals surface area contributed by atoms with Crippen molar-refractivity contribution in [1.29, 1.82) is 0 Å². The number of hydrogen-bond donors (Lipinski definition) is 2. The summed E-state index contributed by atoms with van der Waals surface area (Å²) in [5, 5.41) is 3.06. The highest BCUT2D eigenvalue weighted by atomic mass is 35.5. The molecule has 3 N–H and O–H groups in total. The number of benzene rings is 1. The van der Waals surface area contributed by atoms with Crippen molar-refractivity contribution in [2.45, 2.75) is 6.92 Å². The molecule has 0 aliphatic heterocycles. The van der Waals surface area contributed by atoms with Gasteiger partial charge in [0.05, 0.1) is 11.4 Å². The van der Waals surface area contributed by atoms with Crippen LogP contribution in [0, 0.1) is 0 Å². The van der Waals surface area contributed by atoms with Gasteiger partial charge in [0.1, 0.15) is 5.75 Å². The van der Waals surface area contributed by atoms with Crippen molar-refractivity contribution in [1.82, 2.24) is 0 Å². The summed E-state index contributed by atoms with van der Waals surface area (Å²) in [6.45, 7) is 1.76. The molecule has 0 heterocycles. The standard InChI is InChI=1S/C10H13ClN2O2S/c1-2-16(15)6-10(14)13-9-5-7(11)3-4-8(9)12/h3-5H,2,6,12H2,1H3,(H,13,14). The van der Waals surface area contributed by atoms with E-state index in [0.717, 1.165) is 0 Å². The third-order valence-electron chi connectivity index (χ3n) is 1.90. The lowest BCUT2D eigenvalue weighted by Gasteiger charge is -2.07. The van der Waals surface area contributed by atoms with Crippen molar-refractivity contribution in [3.8, 4) is 0 Å². The summed E-state index contributed by atoms with van der Waals surface area (Å²) in [6, 6.07) is 4.80. The summed E-state index contributed by atoms with van der Waals surface area (Å²) < 4.78 is 11.2. The SMILES string of the molecule is CCS(=O)CC(=O)Nc1cc(Cl)ccc1N. The van der Waals surface area contributed by atoms with Crippen molar-refractivity contribution in [2.75, 3.05) is 22.6 Å². The molecule has 6 heteroatoms. The predicted molar refractivity (Wildman–Crippen MR) is 68.0 cm³/mol. The molecule has 0 aliphatic rings. The Morgan fingerprint density at radius 2 is 2.25 bits per heavy atom. The Bertz CT molecular complexity index is 423. The summed E-state index contributed by atoms with van der Waals surface area (Å²) in [5.74, 6) is 0.107. The number of carbonyl (C=O) groups is 1. The highest BCUT2D eigenvalue weighted by Crippen LogP contribution is 2.22. The van der Waals surface area contributed by atoms with Crippen molar-refractivity contribution >= 4 is 39.7 Å². The van der Waals surface area contributed by atoms with Crippen LogP contribution in [0.15, 0.2) is 18.2 Å². The first-order valence-corrected chi connectivity index (χ1v) is 6.59. The molecule has 0 bridgehead atoms. The van der Waals surface area contributed by atoms with Crippen molar-refractivity contribution in [2.24, 2.45) is 0 Å². The average Bonchev–Trinajstić information content (AvgIpc) is 2.23. The Hall–Kier alpha value is -1.07. The van der Waals surface area contributed by atoms with Gasteiger partial charge in [-0.1, -0.05) is 18.5 Å². The second-order valence-corrected chi connectivity index (χ2v) is 5.33. The Morgan fingerprint density at radius 1 is 1.56 bits per heavy atom. The fourth-order valence-electron chi connectivity index (χ4n) is 1.07. The Kier molecular flexibility index (Phi) is 4.76. The van der Waals surface area contributed by atoms with Crippen molar-refractivity contribution < 1.29 is 9.00 Å². The number of amides is 1. The van der Waals surface area contributed by atoms with E-state index in [9.17, 15) is 9.00 Å². The maximum atomic E-state index is 11.4. The molecule has 0 saturated carbocycles. The van der Waals surface area contributed by atoms with E-state index in [1.807, 2.05) is 0 Å². The summed E-state index contributed by atoms with van der Waals surface area (Å²) >= 11 is 5.77. The van der Waals surface area contributed by atoms with Crippen LogP contribution in [-0.2, 0) is 15.6 Å². The monoisotopic (exact) mass is 260 g/mol. The number of rotatable bonds is 4. The third kappa shape index (κ3) is 3.83. The second kappa shape index (κ2) is 5.86. The molecule has 1 aromatic carbocycles. The normalized spacial score (nSPS) is 12.1. The summed E-state index contributed by atoms with van der Waals surface area (Å²) in [6.07, 6.45) is 0. The number of anilines is 2. The average molecular weight is 261 g/mol. The summed E-state index contributed by atoms with van der Waals surface area (Å²) in [4.78, 5) is 11.4. The van der Waals surface area contributed by atoms with Gasteiger partial charge in [-0.05, 0) is 18.2 Å². The lowest BCUT2D eigenvalue weighted by atomic mass is 10.2. The molecule has 1 amide bonds. The lowest BCUT2D eigenvalue weighted by Crippen LogP contribution is -2.20. The second-order valence-electron chi connectivity index (χ2n) is 3.15. The fraction of sp³-hybridized carbons (Fsp3) is 0.300. The maximum Gasteiger partial charge on any atom is 0.237 e. The number of nitrogens with one attached hydrogen (secondary N) is 1. The highest BCUT2D eigenvalue weighted by molar-refractivity contribution is 7.85. The molecule has 0 aromatic heterocycles. The molecular weight excluding hydrogens is 248 g/mol. The third-order valence-corrected chi connectivity index (χ3v) is 3.37. The molecule has 0 fully saturated rings. The topological polar surface area (TPSA) is 72.2 Å². The van der Waals surface area contributed by atoms with Gasteiger partial charge in [0.25, 0.3) is 0 Å². The number of halogens is 1. The molecule has 0 saturated heterocycles. The van der Waals surface area contributed by atoms with E-state index < -0.39 is 10.8 Å². The van der Waals surface area contributed by atoms with Crippen LogP contribution in [0.2, 0.25) is 5.02 Å². The van der Waals surface area contributed by atoms with Gasteiger partial charge >= 0.3 is 0 Å². The molecule has 1 rings (SSSR count). The van der Waals surface area contributed by atoms with E-state index in [-0.39, 0.29) is 11.7 Å². The number of hydrogen-bond acceptors (Lipinski definition) is 3. The fourth-order valence-corrected chi connectivity index (χ4v) is 1.81. The minimum atomic E-state index is -1.13. The van der Waals surface area contributed by atoms with E-state index in [1.165, 1.54) is 0 Å². The molecule has 1 atom stereocenters. The molecular formula is C10H13ClN2O2S. The zero-order chi connectivity index (χ0) is 12.1. The van der Waals surface area contributed by atoms with E-state index in [4.69, 9.17) is 17.3 Å². The Labute approximate surface area is 102 Å². The van der Waals surface area contributed by atoms with Gasteiger partial charge in [0, 0.05) is 21.6 Å². The van der Waals surface area contributed by atoms with Crippen LogP contribution in [0.5, 0.6) is 0 Å². The minimum Gasteiger partial charge on any atom is -0.397 e. The molecule has 0 spiro atoms.